The molecule has 1 aromatic heterocycles. The van der Waals surface area contributed by atoms with Crippen LogP contribution in [0.1, 0.15) is 31.5 Å². The molecule has 0 amide bonds. The number of piperidine rings is 1. The van der Waals surface area contributed by atoms with Gasteiger partial charge in [-0.15, -0.1) is 0 Å². The number of likely N-dealkylation sites (tertiary alicyclic amines) is 1. The number of hydrogen-bond acceptors (Lipinski definition) is 5. The van der Waals surface area contributed by atoms with Gasteiger partial charge in [0.25, 0.3) is 0 Å². The van der Waals surface area contributed by atoms with E-state index in [1.165, 1.54) is 19.5 Å². The van der Waals surface area contributed by atoms with Crippen LogP contribution in [0.3, 0.4) is 0 Å². The van der Waals surface area contributed by atoms with Crippen molar-refractivity contribution in [2.45, 2.75) is 27.2 Å². The molecule has 2 unspecified atom stereocenters. The molecule has 1 saturated heterocycles. The van der Waals surface area contributed by atoms with Gasteiger partial charge in [0.2, 0.25) is 5.95 Å². The van der Waals surface area contributed by atoms with E-state index in [1.54, 1.807) is 17.1 Å². The maximum absolute atomic E-state index is 5.95. The molecule has 26 heavy (non-hydrogen) atoms. The molecule has 2 aromatic rings. The van der Waals surface area contributed by atoms with Gasteiger partial charge in [-0.2, -0.15) is 5.10 Å². The standard InChI is InChI=1S/C20H29N5O/c1-15-9-16(2)13-24(12-15)7-8-26-19-6-4-5-18(10-19)11-22-25-14-17(3)23-20(25)21/h4-6,10-11,14-16H,7-9,12-13H2,1-3H3,(H2,21,23). The maximum atomic E-state index is 5.95. The van der Waals surface area contributed by atoms with E-state index < -0.39 is 0 Å². The van der Waals surface area contributed by atoms with Crippen LogP contribution in [0.25, 0.3) is 0 Å². The number of nitrogens with two attached hydrogens (primary N) is 1. The zero-order valence-corrected chi connectivity index (χ0v) is 15.9. The lowest BCUT2D eigenvalue weighted by molar-refractivity contribution is 0.120. The fourth-order valence-corrected chi connectivity index (χ4v) is 3.68. The van der Waals surface area contributed by atoms with Crippen LogP contribution in [0.15, 0.2) is 35.6 Å². The second kappa shape index (κ2) is 8.36. The Hall–Kier alpha value is -2.34. The summed E-state index contributed by atoms with van der Waals surface area (Å²) in [6.07, 6.45) is 4.89. The first-order valence-corrected chi connectivity index (χ1v) is 9.30. The Balaban J connectivity index is 1.53. The van der Waals surface area contributed by atoms with Gasteiger partial charge in [0.05, 0.1) is 18.1 Å². The van der Waals surface area contributed by atoms with Crippen LogP contribution >= 0.6 is 0 Å². The number of anilines is 1. The molecule has 0 spiro atoms. The Bertz CT molecular complexity index is 744. The molecular weight excluding hydrogens is 326 g/mol. The topological polar surface area (TPSA) is 68.7 Å². The molecule has 0 radical (unpaired) electrons. The molecule has 2 atom stereocenters. The van der Waals surface area contributed by atoms with Gasteiger partial charge in [0.15, 0.2) is 0 Å². The average Bonchev–Trinajstić information content (AvgIpc) is 2.90. The number of ether oxygens (including phenoxy) is 1. The number of nitrogens with zero attached hydrogens (tertiary/aromatic N) is 4. The van der Waals surface area contributed by atoms with E-state index >= 15 is 0 Å². The van der Waals surface area contributed by atoms with Crippen LogP contribution in [0, 0.1) is 18.8 Å². The van der Waals surface area contributed by atoms with Crippen molar-refractivity contribution in [1.82, 2.24) is 14.6 Å². The lowest BCUT2D eigenvalue weighted by Gasteiger charge is -2.34. The van der Waals surface area contributed by atoms with E-state index in [1.807, 2.05) is 31.2 Å². The molecule has 0 saturated carbocycles. The van der Waals surface area contributed by atoms with Crippen molar-refractivity contribution < 1.29 is 4.74 Å². The summed E-state index contributed by atoms with van der Waals surface area (Å²) in [4.78, 5) is 6.64. The van der Waals surface area contributed by atoms with Crippen molar-refractivity contribution in [3.63, 3.8) is 0 Å². The summed E-state index contributed by atoms with van der Waals surface area (Å²) in [7, 11) is 0. The molecule has 6 nitrogen and oxygen atoms in total. The molecule has 2 heterocycles. The number of nitrogen functional groups attached to an aromatic ring is 1. The third-order valence-electron chi connectivity index (χ3n) is 4.64. The van der Waals surface area contributed by atoms with Crippen molar-refractivity contribution in [3.8, 4) is 5.75 Å². The van der Waals surface area contributed by atoms with Crippen molar-refractivity contribution in [1.29, 1.82) is 0 Å². The molecule has 140 valence electrons. The Kier molecular flexibility index (Phi) is 5.93. The molecule has 2 N–H and O–H groups in total. The van der Waals surface area contributed by atoms with Crippen molar-refractivity contribution in [3.05, 3.63) is 41.7 Å². The first-order valence-electron chi connectivity index (χ1n) is 9.30. The summed E-state index contributed by atoms with van der Waals surface area (Å²) in [5, 5.41) is 4.35. The number of hydrogen-bond donors (Lipinski definition) is 1. The highest BCUT2D eigenvalue weighted by molar-refractivity contribution is 5.80. The lowest BCUT2D eigenvalue weighted by Crippen LogP contribution is -2.40. The van der Waals surface area contributed by atoms with Gasteiger partial charge in [-0.3, -0.25) is 4.90 Å². The summed E-state index contributed by atoms with van der Waals surface area (Å²) in [5.41, 5.74) is 7.61. The van der Waals surface area contributed by atoms with Crippen LogP contribution in [-0.4, -0.2) is 47.0 Å². The summed E-state index contributed by atoms with van der Waals surface area (Å²) in [6.45, 7) is 10.6. The van der Waals surface area contributed by atoms with E-state index in [0.29, 0.717) is 12.6 Å². The van der Waals surface area contributed by atoms with Gasteiger partial charge in [-0.25, -0.2) is 9.66 Å². The molecule has 1 aliphatic rings. The number of benzene rings is 1. The summed E-state index contributed by atoms with van der Waals surface area (Å²) in [6, 6.07) is 7.94. The van der Waals surface area contributed by atoms with Crippen LogP contribution in [-0.2, 0) is 0 Å². The predicted molar refractivity (Wildman–Crippen MR) is 106 cm³/mol. The highest BCUT2D eigenvalue weighted by Crippen LogP contribution is 2.20. The van der Waals surface area contributed by atoms with Crippen molar-refractivity contribution in [2.75, 3.05) is 32.0 Å². The van der Waals surface area contributed by atoms with Crippen LogP contribution in [0.5, 0.6) is 5.75 Å². The van der Waals surface area contributed by atoms with Gasteiger partial charge < -0.3 is 10.5 Å². The summed E-state index contributed by atoms with van der Waals surface area (Å²) < 4.78 is 7.52. The molecule has 0 bridgehead atoms. The smallest absolute Gasteiger partial charge is 0.221 e. The van der Waals surface area contributed by atoms with E-state index in [4.69, 9.17) is 10.5 Å². The SMILES string of the molecule is Cc1cn(N=Cc2cccc(OCCN3CC(C)CC(C)C3)c2)c(N)n1. The molecule has 6 heteroatoms. The van der Waals surface area contributed by atoms with Crippen LogP contribution in [0.2, 0.25) is 0 Å². The lowest BCUT2D eigenvalue weighted by atomic mass is 9.92. The average molecular weight is 355 g/mol. The van der Waals surface area contributed by atoms with E-state index in [-0.39, 0.29) is 0 Å². The fraction of sp³-hybridized carbons (Fsp3) is 0.500. The van der Waals surface area contributed by atoms with Crippen molar-refractivity contribution >= 4 is 12.2 Å². The van der Waals surface area contributed by atoms with E-state index in [0.717, 1.165) is 35.4 Å². The minimum Gasteiger partial charge on any atom is -0.492 e. The Morgan fingerprint density at radius 3 is 2.77 bits per heavy atom. The zero-order valence-electron chi connectivity index (χ0n) is 15.9. The fourth-order valence-electron chi connectivity index (χ4n) is 3.68. The van der Waals surface area contributed by atoms with Crippen LogP contribution in [0.4, 0.5) is 5.95 Å². The molecule has 1 aromatic carbocycles. The van der Waals surface area contributed by atoms with Gasteiger partial charge >= 0.3 is 0 Å². The molecule has 1 fully saturated rings. The first kappa shape index (κ1) is 18.5. The summed E-state index contributed by atoms with van der Waals surface area (Å²) >= 11 is 0. The third kappa shape index (κ3) is 5.08. The maximum Gasteiger partial charge on any atom is 0.221 e. The monoisotopic (exact) mass is 355 g/mol. The highest BCUT2D eigenvalue weighted by Gasteiger charge is 2.21. The van der Waals surface area contributed by atoms with Gasteiger partial charge in [-0.1, -0.05) is 26.0 Å². The summed E-state index contributed by atoms with van der Waals surface area (Å²) in [5.74, 6) is 2.80. The highest BCUT2D eigenvalue weighted by atomic mass is 16.5. The Morgan fingerprint density at radius 1 is 1.31 bits per heavy atom. The first-order chi connectivity index (χ1) is 12.5. The predicted octanol–water partition coefficient (Wildman–Crippen LogP) is 3.01. The van der Waals surface area contributed by atoms with Crippen molar-refractivity contribution in [2.24, 2.45) is 16.9 Å². The second-order valence-electron chi connectivity index (χ2n) is 7.46. The second-order valence-corrected chi connectivity index (χ2v) is 7.46. The number of aromatic nitrogens is 2. The number of aryl methyl sites for hydroxylation is 1. The van der Waals surface area contributed by atoms with Gasteiger partial charge in [0, 0.05) is 19.6 Å². The molecule has 0 aliphatic carbocycles. The Morgan fingerprint density at radius 2 is 2.08 bits per heavy atom. The quantitative estimate of drug-likeness (QED) is 0.809. The van der Waals surface area contributed by atoms with E-state index in [9.17, 15) is 0 Å². The largest absolute Gasteiger partial charge is 0.492 e. The molecule has 1 aliphatic heterocycles. The minimum atomic E-state index is 0.385. The number of imidazole rings is 1. The minimum absolute atomic E-state index is 0.385. The number of rotatable bonds is 6. The molecular formula is C20H29N5O. The van der Waals surface area contributed by atoms with Gasteiger partial charge in [-0.05, 0) is 42.9 Å². The Labute approximate surface area is 155 Å². The van der Waals surface area contributed by atoms with Gasteiger partial charge in [0.1, 0.15) is 12.4 Å². The normalized spacial score (nSPS) is 21.3. The third-order valence-corrected chi connectivity index (χ3v) is 4.64. The molecule has 3 rings (SSSR count). The zero-order chi connectivity index (χ0) is 18.5. The van der Waals surface area contributed by atoms with Crippen LogP contribution < -0.4 is 10.5 Å². The van der Waals surface area contributed by atoms with E-state index in [2.05, 4.69) is 28.8 Å².